The Kier molecular flexibility index (Phi) is 3.64. The Balaban J connectivity index is 3.20. The van der Waals surface area contributed by atoms with Gasteiger partial charge in [-0.05, 0) is 24.1 Å². The molecule has 0 unspecified atom stereocenters. The van der Waals surface area contributed by atoms with Crippen molar-refractivity contribution in [2.24, 2.45) is 0 Å². The summed E-state index contributed by atoms with van der Waals surface area (Å²) in [6.07, 6.45) is -4.61. The van der Waals surface area contributed by atoms with Gasteiger partial charge < -0.3 is 5.73 Å². The summed E-state index contributed by atoms with van der Waals surface area (Å²) in [4.78, 5) is 0. The Labute approximate surface area is 95.4 Å². The first-order chi connectivity index (χ1) is 7.70. The number of benzene rings is 1. The van der Waals surface area contributed by atoms with Crippen molar-refractivity contribution in [1.82, 2.24) is 0 Å². The van der Waals surface area contributed by atoms with Gasteiger partial charge in [0.2, 0.25) is 0 Å². The van der Waals surface area contributed by atoms with Crippen molar-refractivity contribution in [2.75, 3.05) is 5.73 Å². The zero-order valence-corrected chi connectivity index (χ0v) is 9.11. The fraction of sp³-hybridized carbons (Fsp3) is 0.455. The van der Waals surface area contributed by atoms with E-state index < -0.39 is 17.7 Å². The minimum absolute atomic E-state index is 0.230. The van der Waals surface area contributed by atoms with E-state index in [1.165, 1.54) is 0 Å². The molecule has 0 heterocycles. The van der Waals surface area contributed by atoms with Gasteiger partial charge >= 0.3 is 12.1 Å². The van der Waals surface area contributed by atoms with Crippen LogP contribution >= 0.6 is 0 Å². The van der Waals surface area contributed by atoms with Gasteiger partial charge in [0.05, 0.1) is 0 Å². The van der Waals surface area contributed by atoms with E-state index in [1.54, 1.807) is 6.92 Å². The fourth-order valence-corrected chi connectivity index (χ4v) is 1.45. The zero-order chi connectivity index (χ0) is 13.3. The molecule has 0 saturated heterocycles. The molecule has 0 aromatic heterocycles. The van der Waals surface area contributed by atoms with Gasteiger partial charge in [-0.3, -0.25) is 0 Å². The van der Waals surface area contributed by atoms with Crippen LogP contribution in [0.2, 0.25) is 0 Å². The molecule has 0 spiro atoms. The van der Waals surface area contributed by atoms with Gasteiger partial charge in [0, 0.05) is 11.3 Å². The quantitative estimate of drug-likeness (QED) is 0.642. The molecule has 96 valence electrons. The fourth-order valence-electron chi connectivity index (χ4n) is 1.45. The minimum Gasteiger partial charge on any atom is -0.399 e. The molecule has 1 aromatic rings. The number of nitrogens with two attached hydrogens (primary N) is 1. The van der Waals surface area contributed by atoms with Crippen molar-refractivity contribution in [3.8, 4) is 0 Å². The second kappa shape index (κ2) is 4.50. The molecule has 1 rings (SSSR count). The standard InChI is InChI=1S/C11H12F5N/c1-2-3-7-6-8(4-5-9(7)17)10(12,13)11(14,15)16/h4-6H,2-3,17H2,1H3. The second-order valence-electron chi connectivity index (χ2n) is 3.74. The van der Waals surface area contributed by atoms with E-state index in [-0.39, 0.29) is 5.69 Å². The lowest BCUT2D eigenvalue weighted by atomic mass is 10.0. The normalized spacial score (nSPS) is 12.8. The molecule has 0 bridgehead atoms. The van der Waals surface area contributed by atoms with Gasteiger partial charge in [0.1, 0.15) is 0 Å². The van der Waals surface area contributed by atoms with Crippen molar-refractivity contribution in [3.05, 3.63) is 29.3 Å². The molecule has 0 aliphatic heterocycles. The summed E-state index contributed by atoms with van der Waals surface area (Å²) in [7, 11) is 0. The average molecular weight is 253 g/mol. The predicted octanol–water partition coefficient (Wildman–Crippen LogP) is 3.88. The van der Waals surface area contributed by atoms with Crippen LogP contribution in [0, 0.1) is 0 Å². The van der Waals surface area contributed by atoms with Crippen LogP contribution in [-0.2, 0) is 12.3 Å². The SMILES string of the molecule is CCCc1cc(C(F)(F)C(F)(F)F)ccc1N. The Morgan fingerprint density at radius 2 is 1.71 bits per heavy atom. The summed E-state index contributed by atoms with van der Waals surface area (Å²) in [6.45, 7) is 1.79. The number of rotatable bonds is 3. The van der Waals surface area contributed by atoms with Crippen molar-refractivity contribution >= 4 is 5.69 Å². The van der Waals surface area contributed by atoms with E-state index in [4.69, 9.17) is 5.73 Å². The summed E-state index contributed by atoms with van der Waals surface area (Å²) in [5.41, 5.74) is 4.98. The van der Waals surface area contributed by atoms with E-state index in [0.29, 0.717) is 24.5 Å². The van der Waals surface area contributed by atoms with Crippen LogP contribution in [0.15, 0.2) is 18.2 Å². The lowest BCUT2D eigenvalue weighted by Crippen LogP contribution is -2.33. The number of halogens is 5. The van der Waals surface area contributed by atoms with Gasteiger partial charge in [0.25, 0.3) is 0 Å². The summed E-state index contributed by atoms with van der Waals surface area (Å²) in [5.74, 6) is -4.84. The van der Waals surface area contributed by atoms with Gasteiger partial charge in [-0.1, -0.05) is 19.4 Å². The van der Waals surface area contributed by atoms with Crippen LogP contribution in [-0.4, -0.2) is 6.18 Å². The van der Waals surface area contributed by atoms with Gasteiger partial charge in [-0.15, -0.1) is 0 Å². The molecule has 0 saturated carbocycles. The van der Waals surface area contributed by atoms with E-state index in [9.17, 15) is 22.0 Å². The number of nitrogen functional groups attached to an aromatic ring is 1. The highest BCUT2D eigenvalue weighted by atomic mass is 19.4. The van der Waals surface area contributed by atoms with Crippen LogP contribution in [0.5, 0.6) is 0 Å². The monoisotopic (exact) mass is 253 g/mol. The Morgan fingerprint density at radius 3 is 2.18 bits per heavy atom. The van der Waals surface area contributed by atoms with Crippen molar-refractivity contribution < 1.29 is 22.0 Å². The highest BCUT2D eigenvalue weighted by Gasteiger charge is 2.58. The molecule has 0 amide bonds. The number of hydrogen-bond donors (Lipinski definition) is 1. The van der Waals surface area contributed by atoms with Crippen LogP contribution in [0.4, 0.5) is 27.6 Å². The smallest absolute Gasteiger partial charge is 0.399 e. The first kappa shape index (κ1) is 13.7. The number of alkyl halides is 5. The third kappa shape index (κ3) is 2.68. The van der Waals surface area contributed by atoms with E-state index in [1.807, 2.05) is 0 Å². The van der Waals surface area contributed by atoms with E-state index in [0.717, 1.165) is 12.1 Å². The molecule has 0 radical (unpaired) electrons. The molecule has 0 atom stereocenters. The lowest BCUT2D eigenvalue weighted by molar-refractivity contribution is -0.289. The van der Waals surface area contributed by atoms with Crippen molar-refractivity contribution in [1.29, 1.82) is 0 Å². The maximum absolute atomic E-state index is 13.0. The third-order valence-electron chi connectivity index (χ3n) is 2.38. The molecule has 0 aliphatic rings. The van der Waals surface area contributed by atoms with E-state index in [2.05, 4.69) is 0 Å². The molecular formula is C11H12F5N. The molecular weight excluding hydrogens is 241 g/mol. The highest BCUT2D eigenvalue weighted by Crippen LogP contribution is 2.44. The van der Waals surface area contributed by atoms with Crippen molar-refractivity contribution in [2.45, 2.75) is 31.9 Å². The summed E-state index contributed by atoms with van der Waals surface area (Å²) < 4.78 is 62.6. The van der Waals surface area contributed by atoms with Gasteiger partial charge in [0.15, 0.2) is 0 Å². The van der Waals surface area contributed by atoms with Crippen LogP contribution in [0.1, 0.15) is 24.5 Å². The first-order valence-corrected chi connectivity index (χ1v) is 5.03. The topological polar surface area (TPSA) is 26.0 Å². The Bertz CT molecular complexity index is 397. The average Bonchev–Trinajstić information content (AvgIpc) is 2.19. The second-order valence-corrected chi connectivity index (χ2v) is 3.74. The van der Waals surface area contributed by atoms with Crippen LogP contribution in [0.3, 0.4) is 0 Å². The highest BCUT2D eigenvalue weighted by molar-refractivity contribution is 5.49. The molecule has 0 aliphatic carbocycles. The summed E-state index contributed by atoms with van der Waals surface area (Å²) >= 11 is 0. The molecule has 0 fully saturated rings. The zero-order valence-electron chi connectivity index (χ0n) is 9.11. The Hall–Kier alpha value is -1.33. The number of aryl methyl sites for hydroxylation is 1. The predicted molar refractivity (Wildman–Crippen MR) is 54.8 cm³/mol. The number of hydrogen-bond acceptors (Lipinski definition) is 1. The Morgan fingerprint density at radius 1 is 1.12 bits per heavy atom. The lowest BCUT2D eigenvalue weighted by Gasteiger charge is -2.20. The van der Waals surface area contributed by atoms with Gasteiger partial charge in [-0.2, -0.15) is 22.0 Å². The molecule has 2 N–H and O–H groups in total. The third-order valence-corrected chi connectivity index (χ3v) is 2.38. The minimum atomic E-state index is -5.59. The van der Waals surface area contributed by atoms with Crippen molar-refractivity contribution in [3.63, 3.8) is 0 Å². The molecule has 17 heavy (non-hydrogen) atoms. The summed E-state index contributed by atoms with van der Waals surface area (Å²) in [5, 5.41) is 0. The molecule has 1 aromatic carbocycles. The maximum Gasteiger partial charge on any atom is 0.458 e. The molecule has 6 heteroatoms. The largest absolute Gasteiger partial charge is 0.458 e. The summed E-state index contributed by atoms with van der Waals surface area (Å²) in [6, 6.07) is 2.62. The maximum atomic E-state index is 13.0. The van der Waals surface area contributed by atoms with Crippen LogP contribution in [0.25, 0.3) is 0 Å². The number of anilines is 1. The van der Waals surface area contributed by atoms with Crippen LogP contribution < -0.4 is 5.73 Å². The van der Waals surface area contributed by atoms with Gasteiger partial charge in [-0.25, -0.2) is 0 Å². The van der Waals surface area contributed by atoms with E-state index >= 15 is 0 Å². The molecule has 1 nitrogen and oxygen atoms in total. The first-order valence-electron chi connectivity index (χ1n) is 5.03.